The minimum atomic E-state index is -3.57. The SMILES string of the molecule is COc1ccc(CCC(=O)N2CCN(S(=O)(=O)c3ccccc3Br)CC2)cc1. The van der Waals surface area contributed by atoms with Crippen molar-refractivity contribution in [3.8, 4) is 5.75 Å². The van der Waals surface area contributed by atoms with Crippen molar-refractivity contribution in [3.63, 3.8) is 0 Å². The van der Waals surface area contributed by atoms with Crippen LogP contribution in [0.15, 0.2) is 57.9 Å². The Morgan fingerprint density at radius 2 is 1.68 bits per heavy atom. The second-order valence-electron chi connectivity index (χ2n) is 6.56. The summed E-state index contributed by atoms with van der Waals surface area (Å²) in [5.74, 6) is 0.839. The van der Waals surface area contributed by atoms with Gasteiger partial charge in [0, 0.05) is 37.1 Å². The van der Waals surface area contributed by atoms with E-state index < -0.39 is 10.0 Å². The lowest BCUT2D eigenvalue weighted by atomic mass is 10.1. The Labute approximate surface area is 174 Å². The van der Waals surface area contributed by atoms with E-state index >= 15 is 0 Å². The van der Waals surface area contributed by atoms with Gasteiger partial charge in [-0.3, -0.25) is 4.79 Å². The van der Waals surface area contributed by atoms with Crippen LogP contribution in [0.4, 0.5) is 0 Å². The molecule has 8 heteroatoms. The maximum Gasteiger partial charge on any atom is 0.244 e. The van der Waals surface area contributed by atoms with E-state index in [0.717, 1.165) is 11.3 Å². The summed E-state index contributed by atoms with van der Waals surface area (Å²) >= 11 is 3.31. The van der Waals surface area contributed by atoms with Crippen LogP contribution in [-0.4, -0.2) is 56.8 Å². The molecule has 2 aromatic carbocycles. The van der Waals surface area contributed by atoms with Gasteiger partial charge in [0.15, 0.2) is 0 Å². The number of hydrogen-bond donors (Lipinski definition) is 0. The van der Waals surface area contributed by atoms with E-state index in [1.54, 1.807) is 36.3 Å². The lowest BCUT2D eigenvalue weighted by Crippen LogP contribution is -2.50. The Bertz CT molecular complexity index is 923. The number of carbonyl (C=O) groups excluding carboxylic acids is 1. The van der Waals surface area contributed by atoms with Crippen molar-refractivity contribution in [2.75, 3.05) is 33.3 Å². The normalized spacial score (nSPS) is 15.4. The van der Waals surface area contributed by atoms with Crippen molar-refractivity contribution in [1.29, 1.82) is 0 Å². The second-order valence-corrected chi connectivity index (χ2v) is 9.32. The van der Waals surface area contributed by atoms with Crippen molar-refractivity contribution in [3.05, 3.63) is 58.6 Å². The van der Waals surface area contributed by atoms with E-state index in [4.69, 9.17) is 4.74 Å². The quantitative estimate of drug-likeness (QED) is 0.656. The number of carbonyl (C=O) groups is 1. The summed E-state index contributed by atoms with van der Waals surface area (Å²) in [7, 11) is -1.95. The van der Waals surface area contributed by atoms with Crippen LogP contribution in [0.2, 0.25) is 0 Å². The Morgan fingerprint density at radius 3 is 2.29 bits per heavy atom. The second kappa shape index (κ2) is 9.07. The number of benzene rings is 2. The van der Waals surface area contributed by atoms with Crippen LogP contribution in [-0.2, 0) is 21.2 Å². The number of piperazine rings is 1. The molecule has 0 saturated carbocycles. The lowest BCUT2D eigenvalue weighted by molar-refractivity contribution is -0.132. The van der Waals surface area contributed by atoms with Crippen molar-refractivity contribution < 1.29 is 17.9 Å². The maximum atomic E-state index is 12.8. The molecule has 28 heavy (non-hydrogen) atoms. The summed E-state index contributed by atoms with van der Waals surface area (Å²) in [6.45, 7) is 1.42. The van der Waals surface area contributed by atoms with Gasteiger partial charge in [-0.1, -0.05) is 24.3 Å². The highest BCUT2D eigenvalue weighted by Crippen LogP contribution is 2.25. The summed E-state index contributed by atoms with van der Waals surface area (Å²) < 4.78 is 32.8. The Balaban J connectivity index is 1.54. The number of aryl methyl sites for hydroxylation is 1. The molecule has 0 unspecified atom stereocenters. The molecule has 3 rings (SSSR count). The van der Waals surface area contributed by atoms with Gasteiger partial charge >= 0.3 is 0 Å². The van der Waals surface area contributed by atoms with Crippen LogP contribution in [0.5, 0.6) is 5.75 Å². The number of halogens is 1. The predicted octanol–water partition coefficient (Wildman–Crippen LogP) is 2.92. The van der Waals surface area contributed by atoms with Crippen molar-refractivity contribution >= 4 is 31.9 Å². The molecule has 1 aliphatic rings. The van der Waals surface area contributed by atoms with Crippen LogP contribution in [0.1, 0.15) is 12.0 Å². The molecule has 0 aromatic heterocycles. The van der Waals surface area contributed by atoms with E-state index in [9.17, 15) is 13.2 Å². The topological polar surface area (TPSA) is 66.9 Å². The molecule has 1 aliphatic heterocycles. The predicted molar refractivity (Wildman–Crippen MR) is 111 cm³/mol. The van der Waals surface area contributed by atoms with Gasteiger partial charge in [-0.05, 0) is 52.2 Å². The van der Waals surface area contributed by atoms with Gasteiger partial charge in [-0.2, -0.15) is 4.31 Å². The van der Waals surface area contributed by atoms with Gasteiger partial charge in [0.05, 0.1) is 12.0 Å². The zero-order chi connectivity index (χ0) is 20.1. The number of amides is 1. The molecule has 150 valence electrons. The minimum absolute atomic E-state index is 0.0498. The van der Waals surface area contributed by atoms with E-state index in [2.05, 4.69) is 15.9 Å². The van der Waals surface area contributed by atoms with Crippen molar-refractivity contribution in [2.24, 2.45) is 0 Å². The number of ether oxygens (including phenoxy) is 1. The van der Waals surface area contributed by atoms with Gasteiger partial charge in [-0.15, -0.1) is 0 Å². The van der Waals surface area contributed by atoms with Crippen molar-refractivity contribution in [2.45, 2.75) is 17.7 Å². The Hall–Kier alpha value is -1.90. The molecule has 0 bridgehead atoms. The first-order chi connectivity index (χ1) is 13.4. The number of methoxy groups -OCH3 is 1. The molecule has 1 amide bonds. The third-order valence-corrected chi connectivity index (χ3v) is 7.74. The maximum absolute atomic E-state index is 12.8. The number of sulfonamides is 1. The van der Waals surface area contributed by atoms with E-state index in [1.165, 1.54) is 4.31 Å². The molecule has 1 fully saturated rings. The number of nitrogens with zero attached hydrogens (tertiary/aromatic N) is 2. The molecule has 2 aromatic rings. The van der Waals surface area contributed by atoms with Crippen LogP contribution in [0.3, 0.4) is 0 Å². The summed E-state index contributed by atoms with van der Waals surface area (Å²) in [5, 5.41) is 0. The summed E-state index contributed by atoms with van der Waals surface area (Å²) in [6, 6.07) is 14.5. The van der Waals surface area contributed by atoms with E-state index in [-0.39, 0.29) is 10.8 Å². The van der Waals surface area contributed by atoms with Crippen LogP contribution >= 0.6 is 15.9 Å². The average Bonchev–Trinajstić information content (AvgIpc) is 2.72. The first-order valence-electron chi connectivity index (χ1n) is 9.07. The van der Waals surface area contributed by atoms with Gasteiger partial charge in [0.25, 0.3) is 0 Å². The molecule has 1 heterocycles. The molecule has 0 radical (unpaired) electrons. The summed E-state index contributed by atoms with van der Waals surface area (Å²) in [4.78, 5) is 14.5. The van der Waals surface area contributed by atoms with Crippen LogP contribution in [0, 0.1) is 0 Å². The molecular formula is C20H23BrN2O4S. The zero-order valence-corrected chi connectivity index (χ0v) is 18.1. The third-order valence-electron chi connectivity index (χ3n) is 4.83. The fourth-order valence-electron chi connectivity index (χ4n) is 3.17. The minimum Gasteiger partial charge on any atom is -0.497 e. The lowest BCUT2D eigenvalue weighted by Gasteiger charge is -2.34. The van der Waals surface area contributed by atoms with Gasteiger partial charge < -0.3 is 9.64 Å². The third kappa shape index (κ3) is 4.74. The van der Waals surface area contributed by atoms with Crippen molar-refractivity contribution in [1.82, 2.24) is 9.21 Å². The molecule has 1 saturated heterocycles. The van der Waals surface area contributed by atoms with Crippen LogP contribution < -0.4 is 4.74 Å². The first-order valence-corrected chi connectivity index (χ1v) is 11.3. The van der Waals surface area contributed by atoms with Gasteiger partial charge in [0.2, 0.25) is 15.9 Å². The average molecular weight is 467 g/mol. The number of hydrogen-bond acceptors (Lipinski definition) is 4. The Morgan fingerprint density at radius 1 is 1.04 bits per heavy atom. The standard InChI is InChI=1S/C20H23BrN2O4S/c1-27-17-9-6-16(7-10-17)8-11-20(24)22-12-14-23(15-13-22)28(25,26)19-5-3-2-4-18(19)21/h2-7,9-10H,8,11-15H2,1H3. The molecule has 0 N–H and O–H groups in total. The first kappa shape index (κ1) is 20.8. The largest absolute Gasteiger partial charge is 0.497 e. The van der Waals surface area contributed by atoms with Gasteiger partial charge in [0.1, 0.15) is 5.75 Å². The highest BCUT2D eigenvalue weighted by molar-refractivity contribution is 9.10. The van der Waals surface area contributed by atoms with E-state index in [0.29, 0.717) is 43.5 Å². The Kier molecular flexibility index (Phi) is 6.74. The van der Waals surface area contributed by atoms with Gasteiger partial charge in [-0.25, -0.2) is 8.42 Å². The molecule has 0 atom stereocenters. The van der Waals surface area contributed by atoms with E-state index in [1.807, 2.05) is 24.3 Å². The smallest absolute Gasteiger partial charge is 0.244 e. The fourth-order valence-corrected chi connectivity index (χ4v) is 5.56. The highest BCUT2D eigenvalue weighted by atomic mass is 79.9. The summed E-state index contributed by atoms with van der Waals surface area (Å²) in [6.07, 6.45) is 1.06. The zero-order valence-electron chi connectivity index (χ0n) is 15.7. The molecule has 0 aliphatic carbocycles. The fraction of sp³-hybridized carbons (Fsp3) is 0.350. The summed E-state index contributed by atoms with van der Waals surface area (Å²) in [5.41, 5.74) is 1.07. The molecule has 0 spiro atoms. The highest BCUT2D eigenvalue weighted by Gasteiger charge is 2.31. The monoisotopic (exact) mass is 466 g/mol. The van der Waals surface area contributed by atoms with Crippen LogP contribution in [0.25, 0.3) is 0 Å². The number of rotatable bonds is 6. The molecular weight excluding hydrogens is 444 g/mol. The molecule has 6 nitrogen and oxygen atoms in total.